The SMILES string of the molecule is Cc1c(F)cccc1N1CCCC(N)C1. The van der Waals surface area contributed by atoms with Crippen LogP contribution in [0.1, 0.15) is 18.4 Å². The summed E-state index contributed by atoms with van der Waals surface area (Å²) in [4.78, 5) is 2.19. The highest BCUT2D eigenvalue weighted by Crippen LogP contribution is 2.24. The van der Waals surface area contributed by atoms with E-state index in [4.69, 9.17) is 5.73 Å². The molecule has 0 bridgehead atoms. The highest BCUT2D eigenvalue weighted by molar-refractivity contribution is 5.54. The van der Waals surface area contributed by atoms with Crippen molar-refractivity contribution >= 4 is 5.69 Å². The Morgan fingerprint density at radius 3 is 3.00 bits per heavy atom. The van der Waals surface area contributed by atoms with Gasteiger partial charge in [-0.3, -0.25) is 0 Å². The second kappa shape index (κ2) is 4.19. The molecule has 15 heavy (non-hydrogen) atoms. The number of hydrogen-bond donors (Lipinski definition) is 1. The maximum Gasteiger partial charge on any atom is 0.128 e. The third-order valence-corrected chi connectivity index (χ3v) is 3.04. The van der Waals surface area contributed by atoms with Crippen LogP contribution in [0.2, 0.25) is 0 Å². The van der Waals surface area contributed by atoms with Crippen LogP contribution in [-0.4, -0.2) is 19.1 Å². The fourth-order valence-electron chi connectivity index (χ4n) is 2.17. The highest BCUT2D eigenvalue weighted by Gasteiger charge is 2.18. The van der Waals surface area contributed by atoms with Gasteiger partial charge in [0, 0.05) is 30.4 Å². The average Bonchev–Trinajstić information content (AvgIpc) is 2.22. The second-order valence-electron chi connectivity index (χ2n) is 4.23. The van der Waals surface area contributed by atoms with Gasteiger partial charge < -0.3 is 10.6 Å². The minimum absolute atomic E-state index is 0.133. The molecule has 1 aromatic carbocycles. The van der Waals surface area contributed by atoms with E-state index >= 15 is 0 Å². The van der Waals surface area contributed by atoms with Crippen molar-refractivity contribution in [2.75, 3.05) is 18.0 Å². The van der Waals surface area contributed by atoms with Crippen molar-refractivity contribution in [1.29, 1.82) is 0 Å². The summed E-state index contributed by atoms with van der Waals surface area (Å²) in [6, 6.07) is 5.46. The Morgan fingerprint density at radius 2 is 2.27 bits per heavy atom. The summed E-state index contributed by atoms with van der Waals surface area (Å²) in [6.45, 7) is 3.65. The van der Waals surface area contributed by atoms with E-state index < -0.39 is 0 Å². The van der Waals surface area contributed by atoms with Crippen LogP contribution >= 0.6 is 0 Å². The molecule has 3 heteroatoms. The van der Waals surface area contributed by atoms with Gasteiger partial charge in [-0.1, -0.05) is 6.07 Å². The van der Waals surface area contributed by atoms with Crippen LogP contribution < -0.4 is 10.6 Å². The van der Waals surface area contributed by atoms with E-state index in [-0.39, 0.29) is 11.9 Å². The van der Waals surface area contributed by atoms with Gasteiger partial charge in [-0.15, -0.1) is 0 Å². The molecule has 82 valence electrons. The third kappa shape index (κ3) is 2.12. The summed E-state index contributed by atoms with van der Waals surface area (Å²) >= 11 is 0. The summed E-state index contributed by atoms with van der Waals surface area (Å²) in [7, 11) is 0. The van der Waals surface area contributed by atoms with E-state index in [0.717, 1.165) is 37.2 Å². The van der Waals surface area contributed by atoms with Crippen LogP contribution in [0, 0.1) is 12.7 Å². The molecule has 0 aliphatic carbocycles. The molecule has 2 N–H and O–H groups in total. The van der Waals surface area contributed by atoms with Gasteiger partial charge >= 0.3 is 0 Å². The van der Waals surface area contributed by atoms with Gasteiger partial charge in [-0.05, 0) is 31.9 Å². The van der Waals surface area contributed by atoms with Gasteiger partial charge in [0.25, 0.3) is 0 Å². The number of halogens is 1. The van der Waals surface area contributed by atoms with Crippen LogP contribution in [0.4, 0.5) is 10.1 Å². The monoisotopic (exact) mass is 208 g/mol. The Kier molecular flexibility index (Phi) is 2.91. The number of benzene rings is 1. The van der Waals surface area contributed by atoms with Gasteiger partial charge in [0.15, 0.2) is 0 Å². The lowest BCUT2D eigenvalue weighted by Crippen LogP contribution is -2.43. The van der Waals surface area contributed by atoms with Gasteiger partial charge in [-0.25, -0.2) is 4.39 Å². The molecule has 1 fully saturated rings. The zero-order valence-corrected chi connectivity index (χ0v) is 9.04. The normalized spacial score (nSPS) is 21.8. The molecule has 2 rings (SSSR count). The van der Waals surface area contributed by atoms with E-state index in [1.165, 1.54) is 6.07 Å². The predicted molar refractivity (Wildman–Crippen MR) is 60.6 cm³/mol. The first-order valence-corrected chi connectivity index (χ1v) is 5.44. The first-order valence-electron chi connectivity index (χ1n) is 5.44. The molecule has 0 aromatic heterocycles. The highest BCUT2D eigenvalue weighted by atomic mass is 19.1. The molecule has 1 aromatic rings. The Bertz CT molecular complexity index is 351. The van der Waals surface area contributed by atoms with Gasteiger partial charge in [0.05, 0.1) is 0 Å². The first-order chi connectivity index (χ1) is 7.18. The van der Waals surface area contributed by atoms with Crippen LogP contribution in [0.15, 0.2) is 18.2 Å². The lowest BCUT2D eigenvalue weighted by Gasteiger charge is -2.33. The fraction of sp³-hybridized carbons (Fsp3) is 0.500. The number of nitrogens with zero attached hydrogens (tertiary/aromatic N) is 1. The van der Waals surface area contributed by atoms with E-state index in [2.05, 4.69) is 4.90 Å². The number of anilines is 1. The summed E-state index contributed by atoms with van der Waals surface area (Å²) in [5.41, 5.74) is 7.63. The van der Waals surface area contributed by atoms with Gasteiger partial charge in [-0.2, -0.15) is 0 Å². The fourth-order valence-corrected chi connectivity index (χ4v) is 2.17. The Balaban J connectivity index is 2.24. The predicted octanol–water partition coefficient (Wildman–Crippen LogP) is 2.06. The Labute approximate surface area is 89.9 Å². The first kappa shape index (κ1) is 10.4. The maximum absolute atomic E-state index is 13.4. The van der Waals surface area contributed by atoms with Crippen LogP contribution in [0.25, 0.3) is 0 Å². The minimum Gasteiger partial charge on any atom is -0.370 e. The maximum atomic E-state index is 13.4. The largest absolute Gasteiger partial charge is 0.370 e. The molecule has 1 unspecified atom stereocenters. The lowest BCUT2D eigenvalue weighted by atomic mass is 10.0. The van der Waals surface area contributed by atoms with Crippen molar-refractivity contribution in [2.24, 2.45) is 5.73 Å². The van der Waals surface area contributed by atoms with Crippen molar-refractivity contribution in [3.63, 3.8) is 0 Å². The number of rotatable bonds is 1. The zero-order chi connectivity index (χ0) is 10.8. The van der Waals surface area contributed by atoms with Gasteiger partial charge in [0.1, 0.15) is 5.82 Å². The van der Waals surface area contributed by atoms with Crippen LogP contribution in [0.5, 0.6) is 0 Å². The summed E-state index contributed by atoms with van der Waals surface area (Å²) in [5, 5.41) is 0. The molecule has 1 atom stereocenters. The van der Waals surface area contributed by atoms with E-state index in [1.54, 1.807) is 6.07 Å². The molecule has 1 heterocycles. The topological polar surface area (TPSA) is 29.3 Å². The Hall–Kier alpha value is -1.09. The standard InChI is InChI=1S/C12H17FN2/c1-9-11(13)5-2-6-12(9)15-7-3-4-10(14)8-15/h2,5-6,10H,3-4,7-8,14H2,1H3. The van der Waals surface area contributed by atoms with E-state index in [1.807, 2.05) is 13.0 Å². The summed E-state index contributed by atoms with van der Waals surface area (Å²) in [5.74, 6) is -0.133. The van der Waals surface area contributed by atoms with E-state index in [9.17, 15) is 4.39 Å². The van der Waals surface area contributed by atoms with Crippen molar-refractivity contribution in [3.8, 4) is 0 Å². The number of nitrogens with two attached hydrogens (primary N) is 1. The molecular weight excluding hydrogens is 191 g/mol. The quantitative estimate of drug-likeness (QED) is 0.765. The lowest BCUT2D eigenvalue weighted by molar-refractivity contribution is 0.504. The molecule has 0 saturated carbocycles. The van der Waals surface area contributed by atoms with Crippen molar-refractivity contribution in [1.82, 2.24) is 0 Å². The molecule has 1 saturated heterocycles. The van der Waals surface area contributed by atoms with Crippen LogP contribution in [-0.2, 0) is 0 Å². The molecule has 0 spiro atoms. The van der Waals surface area contributed by atoms with Crippen molar-refractivity contribution < 1.29 is 4.39 Å². The zero-order valence-electron chi connectivity index (χ0n) is 9.04. The minimum atomic E-state index is -0.133. The van der Waals surface area contributed by atoms with Crippen molar-refractivity contribution in [3.05, 3.63) is 29.6 Å². The summed E-state index contributed by atoms with van der Waals surface area (Å²) < 4.78 is 13.4. The Morgan fingerprint density at radius 1 is 1.47 bits per heavy atom. The molecule has 0 amide bonds. The molecular formula is C12H17FN2. The van der Waals surface area contributed by atoms with Crippen LogP contribution in [0.3, 0.4) is 0 Å². The molecule has 2 nitrogen and oxygen atoms in total. The molecule has 0 radical (unpaired) electrons. The average molecular weight is 208 g/mol. The smallest absolute Gasteiger partial charge is 0.128 e. The van der Waals surface area contributed by atoms with Crippen molar-refractivity contribution in [2.45, 2.75) is 25.8 Å². The molecule has 1 aliphatic rings. The number of hydrogen-bond acceptors (Lipinski definition) is 2. The van der Waals surface area contributed by atoms with E-state index in [0.29, 0.717) is 0 Å². The third-order valence-electron chi connectivity index (χ3n) is 3.04. The molecule has 1 aliphatic heterocycles. The number of piperidine rings is 1. The second-order valence-corrected chi connectivity index (χ2v) is 4.23. The summed E-state index contributed by atoms with van der Waals surface area (Å²) in [6.07, 6.45) is 2.17. The van der Waals surface area contributed by atoms with Gasteiger partial charge in [0.2, 0.25) is 0 Å².